The number of carbonyl (C=O) groups is 1. The van der Waals surface area contributed by atoms with Crippen molar-refractivity contribution in [1.29, 1.82) is 0 Å². The van der Waals surface area contributed by atoms with Gasteiger partial charge in [0.25, 0.3) is 5.91 Å². The largest absolute Gasteiger partial charge is 0.483 e. The van der Waals surface area contributed by atoms with Gasteiger partial charge in [0, 0.05) is 15.1 Å². The number of hydrogen-bond donors (Lipinski definition) is 1. The quantitative estimate of drug-likeness (QED) is 0.573. The van der Waals surface area contributed by atoms with Gasteiger partial charge < -0.3 is 4.74 Å². The third-order valence-corrected chi connectivity index (χ3v) is 3.91. The summed E-state index contributed by atoms with van der Waals surface area (Å²) in [5, 5.41) is 4.83. The van der Waals surface area contributed by atoms with E-state index in [1.165, 1.54) is 6.21 Å². The van der Waals surface area contributed by atoms with E-state index in [0.717, 1.165) is 10.0 Å². The Balaban J connectivity index is 1.86. The van der Waals surface area contributed by atoms with E-state index >= 15 is 0 Å². The summed E-state index contributed by atoms with van der Waals surface area (Å²) >= 11 is 15.2. The monoisotopic (exact) mass is 414 g/mol. The van der Waals surface area contributed by atoms with Crippen LogP contribution in [-0.4, -0.2) is 18.7 Å². The van der Waals surface area contributed by atoms with Gasteiger partial charge >= 0.3 is 0 Å². The number of rotatable bonds is 5. The second-order valence-electron chi connectivity index (χ2n) is 4.66. The molecule has 0 bridgehead atoms. The molecule has 0 aliphatic carbocycles. The molecule has 1 N–H and O–H groups in total. The summed E-state index contributed by atoms with van der Waals surface area (Å²) in [7, 11) is 0. The lowest BCUT2D eigenvalue weighted by Crippen LogP contribution is -2.24. The number of halogens is 3. The molecule has 0 fully saturated rings. The van der Waals surface area contributed by atoms with Crippen LogP contribution in [0.1, 0.15) is 11.1 Å². The molecule has 0 saturated carbocycles. The maximum atomic E-state index is 11.7. The predicted molar refractivity (Wildman–Crippen MR) is 96.6 cm³/mol. The van der Waals surface area contributed by atoms with E-state index in [-0.39, 0.29) is 12.5 Å². The predicted octanol–water partition coefficient (Wildman–Crippen LogP) is 4.59. The maximum Gasteiger partial charge on any atom is 0.277 e. The Bertz CT molecular complexity index is 751. The van der Waals surface area contributed by atoms with E-state index < -0.39 is 0 Å². The standard InChI is InChI=1S/C16H13BrCl2N2O2/c1-10-6-12(17)3-5-15(10)23-9-16(22)21-20-8-11-2-4-13(18)7-14(11)19/h2-8H,9H2,1H3,(H,21,22)/b20-8+. The summed E-state index contributed by atoms with van der Waals surface area (Å²) in [5.41, 5.74) is 3.97. The molecule has 2 aromatic carbocycles. The van der Waals surface area contributed by atoms with Gasteiger partial charge in [0.1, 0.15) is 5.75 Å². The smallest absolute Gasteiger partial charge is 0.277 e. The molecular weight excluding hydrogens is 403 g/mol. The number of ether oxygens (including phenoxy) is 1. The molecule has 0 aliphatic rings. The summed E-state index contributed by atoms with van der Waals surface area (Å²) in [6, 6.07) is 10.6. The number of benzene rings is 2. The van der Waals surface area contributed by atoms with Crippen molar-refractivity contribution >= 4 is 51.3 Å². The van der Waals surface area contributed by atoms with Crippen LogP contribution in [0.5, 0.6) is 5.75 Å². The highest BCUT2D eigenvalue weighted by Gasteiger charge is 2.04. The minimum absolute atomic E-state index is 0.131. The molecule has 0 atom stereocenters. The normalized spacial score (nSPS) is 10.8. The van der Waals surface area contributed by atoms with Crippen LogP contribution in [0.3, 0.4) is 0 Å². The highest BCUT2D eigenvalue weighted by Crippen LogP contribution is 2.22. The zero-order valence-electron chi connectivity index (χ0n) is 12.1. The van der Waals surface area contributed by atoms with E-state index in [0.29, 0.717) is 21.4 Å². The zero-order valence-corrected chi connectivity index (χ0v) is 15.2. The Labute approximate surface area is 152 Å². The van der Waals surface area contributed by atoms with Crippen molar-refractivity contribution in [3.05, 3.63) is 62.0 Å². The molecule has 0 unspecified atom stereocenters. The molecule has 7 heteroatoms. The van der Waals surface area contributed by atoms with E-state index in [2.05, 4.69) is 26.5 Å². The van der Waals surface area contributed by atoms with Crippen molar-refractivity contribution < 1.29 is 9.53 Å². The number of aryl methyl sites for hydroxylation is 1. The molecule has 23 heavy (non-hydrogen) atoms. The summed E-state index contributed by atoms with van der Waals surface area (Å²) in [5.74, 6) is 0.279. The SMILES string of the molecule is Cc1cc(Br)ccc1OCC(=O)N/N=C/c1ccc(Cl)cc1Cl. The van der Waals surface area contributed by atoms with Gasteiger partial charge in [0.05, 0.1) is 11.2 Å². The second-order valence-corrected chi connectivity index (χ2v) is 6.42. The molecule has 1 amide bonds. The van der Waals surface area contributed by atoms with Gasteiger partial charge in [0.2, 0.25) is 0 Å². The Kier molecular flexibility index (Phi) is 6.45. The van der Waals surface area contributed by atoms with E-state index in [1.54, 1.807) is 24.3 Å². The molecule has 4 nitrogen and oxygen atoms in total. The zero-order chi connectivity index (χ0) is 16.8. The molecule has 2 aromatic rings. The van der Waals surface area contributed by atoms with Gasteiger partial charge in [-0.15, -0.1) is 0 Å². The topological polar surface area (TPSA) is 50.7 Å². The van der Waals surface area contributed by atoms with Crippen molar-refractivity contribution in [2.75, 3.05) is 6.61 Å². The molecular formula is C16H13BrCl2N2O2. The van der Waals surface area contributed by atoms with Gasteiger partial charge in [-0.1, -0.05) is 45.2 Å². The first-order chi connectivity index (χ1) is 11.0. The number of hydrogen-bond acceptors (Lipinski definition) is 3. The highest BCUT2D eigenvalue weighted by molar-refractivity contribution is 9.10. The molecule has 0 heterocycles. The van der Waals surface area contributed by atoms with Crippen LogP contribution in [0.4, 0.5) is 0 Å². The summed E-state index contributed by atoms with van der Waals surface area (Å²) < 4.78 is 6.40. The lowest BCUT2D eigenvalue weighted by molar-refractivity contribution is -0.123. The number of carbonyl (C=O) groups excluding carboxylic acids is 1. The van der Waals surface area contributed by atoms with Gasteiger partial charge in [-0.2, -0.15) is 5.10 Å². The minimum Gasteiger partial charge on any atom is -0.483 e. The van der Waals surface area contributed by atoms with Gasteiger partial charge in [0.15, 0.2) is 6.61 Å². The molecule has 2 rings (SSSR count). The molecule has 0 saturated heterocycles. The van der Waals surface area contributed by atoms with Crippen molar-refractivity contribution in [3.8, 4) is 5.75 Å². The third-order valence-electron chi connectivity index (χ3n) is 2.85. The summed E-state index contributed by atoms with van der Waals surface area (Å²) in [6.45, 7) is 1.77. The Morgan fingerprint density at radius 1 is 1.30 bits per heavy atom. The van der Waals surface area contributed by atoms with Crippen LogP contribution in [0, 0.1) is 6.92 Å². The first-order valence-corrected chi connectivity index (χ1v) is 8.16. The lowest BCUT2D eigenvalue weighted by Gasteiger charge is -2.08. The fraction of sp³-hybridized carbons (Fsp3) is 0.125. The molecule has 0 radical (unpaired) electrons. The van der Waals surface area contributed by atoms with Gasteiger partial charge in [-0.3, -0.25) is 4.79 Å². The highest BCUT2D eigenvalue weighted by atomic mass is 79.9. The average molecular weight is 416 g/mol. The fourth-order valence-corrected chi connectivity index (χ4v) is 2.66. The van der Waals surface area contributed by atoms with E-state index in [4.69, 9.17) is 27.9 Å². The number of nitrogens with zero attached hydrogens (tertiary/aromatic N) is 1. The Morgan fingerprint density at radius 3 is 2.78 bits per heavy atom. The van der Waals surface area contributed by atoms with Crippen molar-refractivity contribution in [3.63, 3.8) is 0 Å². The lowest BCUT2D eigenvalue weighted by atomic mass is 10.2. The van der Waals surface area contributed by atoms with Crippen LogP contribution < -0.4 is 10.2 Å². The average Bonchev–Trinajstić information content (AvgIpc) is 2.48. The maximum absolute atomic E-state index is 11.7. The third kappa shape index (κ3) is 5.53. The van der Waals surface area contributed by atoms with Crippen LogP contribution in [0.25, 0.3) is 0 Å². The number of amides is 1. The van der Waals surface area contributed by atoms with Crippen LogP contribution in [0.15, 0.2) is 46.0 Å². The Morgan fingerprint density at radius 2 is 2.09 bits per heavy atom. The molecule has 120 valence electrons. The first kappa shape index (κ1) is 17.8. The number of nitrogens with one attached hydrogen (secondary N) is 1. The van der Waals surface area contributed by atoms with Gasteiger partial charge in [-0.05, 0) is 42.8 Å². The fourth-order valence-electron chi connectivity index (χ4n) is 1.73. The van der Waals surface area contributed by atoms with Crippen molar-refractivity contribution in [1.82, 2.24) is 5.43 Å². The van der Waals surface area contributed by atoms with Crippen LogP contribution >= 0.6 is 39.1 Å². The van der Waals surface area contributed by atoms with Crippen molar-refractivity contribution in [2.45, 2.75) is 6.92 Å². The number of hydrazone groups is 1. The second kappa shape index (κ2) is 8.34. The Hall–Kier alpha value is -1.56. The van der Waals surface area contributed by atoms with Gasteiger partial charge in [-0.25, -0.2) is 5.43 Å². The summed E-state index contributed by atoms with van der Waals surface area (Å²) in [4.78, 5) is 11.7. The molecule has 0 aliphatic heterocycles. The summed E-state index contributed by atoms with van der Waals surface area (Å²) in [6.07, 6.45) is 1.45. The van der Waals surface area contributed by atoms with Crippen LogP contribution in [-0.2, 0) is 4.79 Å². The molecule has 0 spiro atoms. The van der Waals surface area contributed by atoms with E-state index in [9.17, 15) is 4.79 Å². The van der Waals surface area contributed by atoms with Crippen molar-refractivity contribution in [2.24, 2.45) is 5.10 Å². The minimum atomic E-state index is -0.367. The molecule has 0 aromatic heterocycles. The van der Waals surface area contributed by atoms with Crippen LogP contribution in [0.2, 0.25) is 10.0 Å². The van der Waals surface area contributed by atoms with E-state index in [1.807, 2.05) is 19.1 Å². The first-order valence-electron chi connectivity index (χ1n) is 6.61.